The predicted molar refractivity (Wildman–Crippen MR) is 71.9 cm³/mol. The van der Waals surface area contributed by atoms with E-state index in [4.69, 9.17) is 9.84 Å². The van der Waals surface area contributed by atoms with Crippen molar-refractivity contribution in [2.24, 2.45) is 5.41 Å². The van der Waals surface area contributed by atoms with Crippen LogP contribution in [0.3, 0.4) is 0 Å². The number of hydrogen-bond donors (Lipinski definition) is 1. The lowest BCUT2D eigenvalue weighted by molar-refractivity contribution is -0.139. The molecule has 0 aromatic rings. The molecule has 1 rings (SSSR count). The highest BCUT2D eigenvalue weighted by molar-refractivity contribution is 5.76. The van der Waals surface area contributed by atoms with Crippen LogP contribution >= 0.6 is 0 Å². The number of aliphatic carboxylic acids is 1. The molecule has 0 aromatic carbocycles. The van der Waals surface area contributed by atoms with E-state index in [1.54, 1.807) is 0 Å². The van der Waals surface area contributed by atoms with Crippen molar-refractivity contribution < 1.29 is 19.4 Å². The third-order valence-electron chi connectivity index (χ3n) is 3.15. The number of likely N-dealkylation sites (tertiary alicyclic amines) is 1. The third kappa shape index (κ3) is 6.57. The van der Waals surface area contributed by atoms with Crippen LogP contribution < -0.4 is 0 Å². The van der Waals surface area contributed by atoms with E-state index in [0.29, 0.717) is 19.5 Å². The first-order valence-corrected chi connectivity index (χ1v) is 6.89. The molecule has 1 fully saturated rings. The Morgan fingerprint density at radius 2 is 1.84 bits per heavy atom. The van der Waals surface area contributed by atoms with Gasteiger partial charge in [-0.25, -0.2) is 0 Å². The fourth-order valence-electron chi connectivity index (χ4n) is 2.15. The van der Waals surface area contributed by atoms with Gasteiger partial charge in [-0.15, -0.1) is 0 Å². The minimum atomic E-state index is -0.835. The first-order valence-electron chi connectivity index (χ1n) is 6.89. The molecule has 0 radical (unpaired) electrons. The van der Waals surface area contributed by atoms with Gasteiger partial charge in [-0.1, -0.05) is 20.8 Å². The van der Waals surface area contributed by atoms with Crippen LogP contribution in [0.2, 0.25) is 0 Å². The monoisotopic (exact) mass is 271 g/mol. The van der Waals surface area contributed by atoms with Crippen LogP contribution in [-0.2, 0) is 14.3 Å². The van der Waals surface area contributed by atoms with E-state index < -0.39 is 5.97 Å². The van der Waals surface area contributed by atoms with Gasteiger partial charge in [0.15, 0.2) is 0 Å². The van der Waals surface area contributed by atoms with E-state index in [2.05, 4.69) is 20.8 Å². The second-order valence-corrected chi connectivity index (χ2v) is 6.33. The van der Waals surface area contributed by atoms with E-state index in [1.807, 2.05) is 4.90 Å². The topological polar surface area (TPSA) is 66.8 Å². The number of nitrogens with zero attached hydrogens (tertiary/aromatic N) is 1. The summed E-state index contributed by atoms with van der Waals surface area (Å²) in [6.07, 6.45) is 2.31. The van der Waals surface area contributed by atoms with Crippen molar-refractivity contribution in [3.8, 4) is 0 Å². The second-order valence-electron chi connectivity index (χ2n) is 6.33. The van der Waals surface area contributed by atoms with Crippen molar-refractivity contribution in [3.05, 3.63) is 0 Å². The molecule has 1 heterocycles. The van der Waals surface area contributed by atoms with Crippen molar-refractivity contribution in [2.45, 2.75) is 52.6 Å². The zero-order chi connectivity index (χ0) is 14.5. The average Bonchev–Trinajstić information content (AvgIpc) is 2.27. The molecule has 5 heteroatoms. The van der Waals surface area contributed by atoms with Gasteiger partial charge in [0.25, 0.3) is 0 Å². The number of rotatable bonds is 5. The van der Waals surface area contributed by atoms with Crippen LogP contribution in [0.4, 0.5) is 0 Å². The fraction of sp³-hybridized carbons (Fsp3) is 0.857. The molecule has 0 unspecified atom stereocenters. The zero-order valence-electron chi connectivity index (χ0n) is 12.1. The number of hydrogen-bond acceptors (Lipinski definition) is 3. The lowest BCUT2D eigenvalue weighted by Crippen LogP contribution is -2.42. The summed E-state index contributed by atoms with van der Waals surface area (Å²) < 4.78 is 5.50. The summed E-state index contributed by atoms with van der Waals surface area (Å²) in [7, 11) is 0. The summed E-state index contributed by atoms with van der Waals surface area (Å²) in [5.74, 6) is -0.630. The fourth-order valence-corrected chi connectivity index (χ4v) is 2.15. The average molecular weight is 271 g/mol. The Kier molecular flexibility index (Phi) is 5.79. The number of carboxylic acid groups (broad SMARTS) is 1. The van der Waals surface area contributed by atoms with Gasteiger partial charge in [-0.3, -0.25) is 9.59 Å². The van der Waals surface area contributed by atoms with Crippen molar-refractivity contribution in [1.82, 2.24) is 4.90 Å². The highest BCUT2D eigenvalue weighted by Gasteiger charge is 2.26. The van der Waals surface area contributed by atoms with Gasteiger partial charge < -0.3 is 14.7 Å². The molecule has 5 nitrogen and oxygen atoms in total. The quantitative estimate of drug-likeness (QED) is 0.829. The van der Waals surface area contributed by atoms with Gasteiger partial charge in [0.2, 0.25) is 5.91 Å². The Morgan fingerprint density at radius 3 is 2.32 bits per heavy atom. The molecular formula is C14H25NO4. The summed E-state index contributed by atoms with van der Waals surface area (Å²) in [6, 6.07) is 0. The maximum Gasteiger partial charge on any atom is 0.305 e. The largest absolute Gasteiger partial charge is 0.481 e. The van der Waals surface area contributed by atoms with Crippen molar-refractivity contribution in [1.29, 1.82) is 0 Å². The normalized spacial score (nSPS) is 17.5. The molecule has 0 saturated carbocycles. The van der Waals surface area contributed by atoms with Gasteiger partial charge in [-0.05, 0) is 18.3 Å². The maximum atomic E-state index is 12.0. The van der Waals surface area contributed by atoms with Crippen LogP contribution in [0.25, 0.3) is 0 Å². The summed E-state index contributed by atoms with van der Waals surface area (Å²) in [4.78, 5) is 24.3. The molecule has 0 atom stereocenters. The molecule has 1 saturated heterocycles. The molecule has 1 aliphatic heterocycles. The molecular weight excluding hydrogens is 246 g/mol. The number of ether oxygens (including phenoxy) is 1. The van der Waals surface area contributed by atoms with Gasteiger partial charge in [0.05, 0.1) is 19.1 Å². The van der Waals surface area contributed by atoms with E-state index >= 15 is 0 Å². The highest BCUT2D eigenvalue weighted by atomic mass is 16.5. The molecule has 1 amide bonds. The molecule has 0 aromatic heterocycles. The number of carbonyl (C=O) groups is 2. The Balaban J connectivity index is 2.25. The molecule has 1 N–H and O–H groups in total. The Labute approximate surface area is 114 Å². The number of amides is 1. The highest BCUT2D eigenvalue weighted by Crippen LogP contribution is 2.22. The molecule has 110 valence electrons. The molecule has 0 spiro atoms. The summed E-state index contributed by atoms with van der Waals surface area (Å²) in [6.45, 7) is 7.88. The van der Waals surface area contributed by atoms with Gasteiger partial charge in [0.1, 0.15) is 0 Å². The smallest absolute Gasteiger partial charge is 0.305 e. The molecule has 0 bridgehead atoms. The Bertz CT molecular complexity index is 314. The third-order valence-corrected chi connectivity index (χ3v) is 3.15. The lowest BCUT2D eigenvalue weighted by Gasteiger charge is -2.33. The van der Waals surface area contributed by atoms with E-state index in [1.165, 1.54) is 0 Å². The first kappa shape index (κ1) is 16.0. The van der Waals surface area contributed by atoms with Crippen molar-refractivity contribution in [2.75, 3.05) is 19.7 Å². The standard InChI is InChI=1S/C14H25NO4/c1-14(2,3)10-12(16)15-7-4-11(5-8-15)19-9-6-13(17)18/h11H,4-10H2,1-3H3,(H,17,18). The van der Waals surface area contributed by atoms with E-state index in [0.717, 1.165) is 12.8 Å². The molecule has 0 aliphatic carbocycles. The number of carbonyl (C=O) groups excluding carboxylic acids is 1. The summed E-state index contributed by atoms with van der Waals surface area (Å²) in [5.41, 5.74) is 0.0198. The van der Waals surface area contributed by atoms with Crippen LogP contribution in [0.5, 0.6) is 0 Å². The molecule has 1 aliphatic rings. The van der Waals surface area contributed by atoms with Crippen LogP contribution in [-0.4, -0.2) is 47.7 Å². The number of carboxylic acids is 1. The summed E-state index contributed by atoms with van der Waals surface area (Å²) >= 11 is 0. The van der Waals surface area contributed by atoms with Crippen molar-refractivity contribution in [3.63, 3.8) is 0 Å². The minimum Gasteiger partial charge on any atom is -0.481 e. The predicted octanol–water partition coefficient (Wildman–Crippen LogP) is 1.90. The lowest BCUT2D eigenvalue weighted by atomic mass is 9.91. The minimum absolute atomic E-state index is 0.0198. The van der Waals surface area contributed by atoms with E-state index in [-0.39, 0.29) is 30.5 Å². The van der Waals surface area contributed by atoms with Crippen LogP contribution in [0.1, 0.15) is 46.5 Å². The zero-order valence-corrected chi connectivity index (χ0v) is 12.1. The second kappa shape index (κ2) is 6.89. The van der Waals surface area contributed by atoms with Crippen LogP contribution in [0.15, 0.2) is 0 Å². The SMILES string of the molecule is CC(C)(C)CC(=O)N1CCC(OCCC(=O)O)CC1. The van der Waals surface area contributed by atoms with Crippen molar-refractivity contribution >= 4 is 11.9 Å². The Morgan fingerprint density at radius 1 is 1.26 bits per heavy atom. The summed E-state index contributed by atoms with van der Waals surface area (Å²) in [5, 5.41) is 8.53. The van der Waals surface area contributed by atoms with Gasteiger partial charge in [-0.2, -0.15) is 0 Å². The van der Waals surface area contributed by atoms with Gasteiger partial charge in [0, 0.05) is 19.5 Å². The Hall–Kier alpha value is -1.10. The first-order chi connectivity index (χ1) is 8.78. The molecule has 19 heavy (non-hydrogen) atoms. The van der Waals surface area contributed by atoms with Gasteiger partial charge >= 0.3 is 5.97 Å². The number of piperidine rings is 1. The van der Waals surface area contributed by atoms with Crippen LogP contribution in [0, 0.1) is 5.41 Å². The maximum absolute atomic E-state index is 12.0. The van der Waals surface area contributed by atoms with E-state index in [9.17, 15) is 9.59 Å².